The molecule has 0 aliphatic carbocycles. The van der Waals surface area contributed by atoms with Gasteiger partial charge in [0.05, 0.1) is 22.3 Å². The van der Waals surface area contributed by atoms with Gasteiger partial charge in [-0.3, -0.25) is 9.48 Å². The summed E-state index contributed by atoms with van der Waals surface area (Å²) in [4.78, 5) is 17.5. The van der Waals surface area contributed by atoms with Gasteiger partial charge in [0, 0.05) is 25.5 Å². The summed E-state index contributed by atoms with van der Waals surface area (Å²) in [5, 5.41) is 11.5. The van der Waals surface area contributed by atoms with Crippen molar-refractivity contribution in [3.63, 3.8) is 0 Å². The number of benzene rings is 2. The van der Waals surface area contributed by atoms with Crippen molar-refractivity contribution in [3.05, 3.63) is 82.9 Å². The second-order valence-corrected chi connectivity index (χ2v) is 7.25. The maximum atomic E-state index is 13.1. The smallest absolute Gasteiger partial charge is 0.255 e. The van der Waals surface area contributed by atoms with E-state index in [2.05, 4.69) is 20.7 Å². The second kappa shape index (κ2) is 7.94. The first kappa shape index (κ1) is 19.6. The fourth-order valence-corrected chi connectivity index (χ4v) is 3.37. The predicted octanol–water partition coefficient (Wildman–Crippen LogP) is 4.40. The summed E-state index contributed by atoms with van der Waals surface area (Å²) in [7, 11) is 1.83. The molecule has 4 rings (SSSR count). The van der Waals surface area contributed by atoms with Gasteiger partial charge in [-0.05, 0) is 43.7 Å². The van der Waals surface area contributed by atoms with Gasteiger partial charge in [-0.15, -0.1) is 0 Å². The summed E-state index contributed by atoms with van der Waals surface area (Å²) in [6, 6.07) is 14.0. The topological polar surface area (TPSA) is 71.8 Å². The molecule has 0 aliphatic heterocycles. The molecule has 0 aliphatic rings. The van der Waals surface area contributed by atoms with Crippen molar-refractivity contribution in [1.82, 2.24) is 20.1 Å². The number of aromatic nitrogens is 3. The normalized spacial score (nSPS) is 10.9. The van der Waals surface area contributed by atoms with Crippen molar-refractivity contribution in [1.29, 1.82) is 0 Å². The Morgan fingerprint density at radius 1 is 1.07 bits per heavy atom. The van der Waals surface area contributed by atoms with Gasteiger partial charge in [-0.1, -0.05) is 29.8 Å². The lowest BCUT2D eigenvalue weighted by Gasteiger charge is -2.14. The molecule has 0 radical (unpaired) electrons. The van der Waals surface area contributed by atoms with Crippen LogP contribution in [-0.4, -0.2) is 20.7 Å². The van der Waals surface area contributed by atoms with E-state index in [0.717, 1.165) is 27.9 Å². The van der Waals surface area contributed by atoms with Gasteiger partial charge in [0.1, 0.15) is 5.82 Å². The Labute approximate surface area is 173 Å². The van der Waals surface area contributed by atoms with Crippen LogP contribution in [0.3, 0.4) is 0 Å². The molecular formula is C23H22FN5O. The molecule has 2 aromatic carbocycles. The highest BCUT2D eigenvalue weighted by Gasteiger charge is 2.20. The molecule has 0 spiro atoms. The van der Waals surface area contributed by atoms with Crippen LogP contribution in [0.25, 0.3) is 11.0 Å². The quantitative estimate of drug-likeness (QED) is 0.518. The molecule has 0 saturated carbocycles. The minimum absolute atomic E-state index is 0.272. The molecule has 0 saturated heterocycles. The van der Waals surface area contributed by atoms with Crippen LogP contribution in [0.2, 0.25) is 0 Å². The number of carbonyl (C=O) groups excluding carboxylic acids is 1. The van der Waals surface area contributed by atoms with E-state index in [-0.39, 0.29) is 18.3 Å². The van der Waals surface area contributed by atoms with Crippen molar-refractivity contribution in [2.24, 2.45) is 7.05 Å². The fourth-order valence-electron chi connectivity index (χ4n) is 3.37. The van der Waals surface area contributed by atoms with E-state index in [1.54, 1.807) is 23.0 Å². The average Bonchev–Trinajstić information content (AvgIpc) is 3.03. The van der Waals surface area contributed by atoms with Crippen molar-refractivity contribution in [2.75, 3.05) is 5.32 Å². The zero-order valence-corrected chi connectivity index (χ0v) is 17.0. The molecule has 30 heavy (non-hydrogen) atoms. The molecule has 2 heterocycles. The fraction of sp³-hybridized carbons (Fsp3) is 0.174. The molecule has 1 amide bonds. The number of halogens is 1. The zero-order chi connectivity index (χ0) is 21.3. The maximum Gasteiger partial charge on any atom is 0.255 e. The number of fused-ring (bicyclic) bond motifs is 1. The minimum Gasteiger partial charge on any atom is -0.354 e. The summed E-state index contributed by atoms with van der Waals surface area (Å²) < 4.78 is 14.8. The Morgan fingerprint density at radius 2 is 1.77 bits per heavy atom. The molecular weight excluding hydrogens is 381 g/mol. The third-order valence-electron chi connectivity index (χ3n) is 4.96. The lowest BCUT2D eigenvalue weighted by atomic mass is 10.1. The van der Waals surface area contributed by atoms with Crippen molar-refractivity contribution < 1.29 is 9.18 Å². The number of pyridine rings is 1. The molecule has 0 atom stereocenters. The van der Waals surface area contributed by atoms with Crippen LogP contribution in [-0.2, 0) is 13.6 Å². The molecule has 0 fully saturated rings. The SMILES string of the molecule is Cc1ccc(Nc2c(C(=O)NCc3ccc(F)cc3)cnc3c2c(C)nn3C)cc1. The summed E-state index contributed by atoms with van der Waals surface area (Å²) in [6.07, 6.45) is 1.56. The number of nitrogens with one attached hydrogen (secondary N) is 2. The molecule has 6 nitrogen and oxygen atoms in total. The number of carbonyl (C=O) groups is 1. The van der Waals surface area contributed by atoms with Gasteiger partial charge < -0.3 is 10.6 Å². The van der Waals surface area contributed by atoms with E-state index in [4.69, 9.17) is 0 Å². The number of aryl methyl sites for hydroxylation is 3. The van der Waals surface area contributed by atoms with Gasteiger partial charge in [0.15, 0.2) is 5.65 Å². The van der Waals surface area contributed by atoms with Crippen LogP contribution < -0.4 is 10.6 Å². The Balaban J connectivity index is 1.70. The van der Waals surface area contributed by atoms with Crippen LogP contribution in [0, 0.1) is 19.7 Å². The molecule has 0 bridgehead atoms. The van der Waals surface area contributed by atoms with Gasteiger partial charge >= 0.3 is 0 Å². The first-order chi connectivity index (χ1) is 14.4. The summed E-state index contributed by atoms with van der Waals surface area (Å²) >= 11 is 0. The van der Waals surface area contributed by atoms with Gasteiger partial charge in [0.2, 0.25) is 0 Å². The van der Waals surface area contributed by atoms with E-state index in [9.17, 15) is 9.18 Å². The third-order valence-corrected chi connectivity index (χ3v) is 4.96. The van der Waals surface area contributed by atoms with Gasteiger partial charge in [-0.2, -0.15) is 5.10 Å². The summed E-state index contributed by atoms with van der Waals surface area (Å²) in [5.74, 6) is -0.581. The minimum atomic E-state index is -0.309. The number of nitrogens with zero attached hydrogens (tertiary/aromatic N) is 3. The predicted molar refractivity (Wildman–Crippen MR) is 115 cm³/mol. The lowest BCUT2D eigenvalue weighted by molar-refractivity contribution is 0.0951. The van der Waals surface area contributed by atoms with Crippen LogP contribution in [0.4, 0.5) is 15.8 Å². The Hall–Kier alpha value is -3.74. The Morgan fingerprint density at radius 3 is 2.47 bits per heavy atom. The number of amides is 1. The molecule has 4 aromatic rings. The largest absolute Gasteiger partial charge is 0.354 e. The van der Waals surface area contributed by atoms with Crippen LogP contribution >= 0.6 is 0 Å². The van der Waals surface area contributed by atoms with Crippen LogP contribution in [0.5, 0.6) is 0 Å². The molecule has 7 heteroatoms. The van der Waals surface area contributed by atoms with E-state index < -0.39 is 0 Å². The van der Waals surface area contributed by atoms with E-state index in [0.29, 0.717) is 16.9 Å². The van der Waals surface area contributed by atoms with Gasteiger partial charge in [0.25, 0.3) is 5.91 Å². The first-order valence-corrected chi connectivity index (χ1v) is 9.61. The number of rotatable bonds is 5. The monoisotopic (exact) mass is 403 g/mol. The van der Waals surface area contributed by atoms with Gasteiger partial charge in [-0.25, -0.2) is 9.37 Å². The Bertz CT molecular complexity index is 1210. The molecule has 2 N–H and O–H groups in total. The van der Waals surface area contributed by atoms with Crippen molar-refractivity contribution in [3.8, 4) is 0 Å². The van der Waals surface area contributed by atoms with E-state index in [1.807, 2.05) is 45.2 Å². The Kier molecular flexibility index (Phi) is 5.18. The van der Waals surface area contributed by atoms with E-state index in [1.165, 1.54) is 12.1 Å². The summed E-state index contributed by atoms with van der Waals surface area (Å²) in [5.41, 5.74) is 5.37. The van der Waals surface area contributed by atoms with Crippen molar-refractivity contribution in [2.45, 2.75) is 20.4 Å². The second-order valence-electron chi connectivity index (χ2n) is 7.25. The number of hydrogen-bond donors (Lipinski definition) is 2. The van der Waals surface area contributed by atoms with Crippen LogP contribution in [0.15, 0.2) is 54.7 Å². The first-order valence-electron chi connectivity index (χ1n) is 9.61. The van der Waals surface area contributed by atoms with E-state index >= 15 is 0 Å². The third kappa shape index (κ3) is 3.87. The summed E-state index contributed by atoms with van der Waals surface area (Å²) in [6.45, 7) is 4.20. The lowest BCUT2D eigenvalue weighted by Crippen LogP contribution is -2.24. The maximum absolute atomic E-state index is 13.1. The molecule has 2 aromatic heterocycles. The molecule has 152 valence electrons. The highest BCUT2D eigenvalue weighted by atomic mass is 19.1. The average molecular weight is 403 g/mol. The standard InChI is InChI=1S/C23H22FN5O/c1-14-4-10-18(11-5-14)27-21-19(13-25-22-20(21)15(2)28-29(22)3)23(30)26-12-16-6-8-17(24)9-7-16/h4-11,13H,12H2,1-3H3,(H,25,27)(H,26,30). The highest BCUT2D eigenvalue weighted by molar-refractivity contribution is 6.08. The van der Waals surface area contributed by atoms with Crippen LogP contribution in [0.1, 0.15) is 27.2 Å². The highest BCUT2D eigenvalue weighted by Crippen LogP contribution is 2.31. The molecule has 0 unspecified atom stereocenters. The number of hydrogen-bond acceptors (Lipinski definition) is 4. The zero-order valence-electron chi connectivity index (χ0n) is 17.0. The number of anilines is 2. The van der Waals surface area contributed by atoms with Crippen molar-refractivity contribution >= 4 is 28.3 Å².